The van der Waals surface area contributed by atoms with Crippen LogP contribution in [0.5, 0.6) is 5.75 Å². The van der Waals surface area contributed by atoms with Crippen molar-refractivity contribution in [2.24, 2.45) is 11.7 Å². The van der Waals surface area contributed by atoms with E-state index in [9.17, 15) is 9.59 Å². The van der Waals surface area contributed by atoms with Gasteiger partial charge in [-0.15, -0.1) is 0 Å². The van der Waals surface area contributed by atoms with E-state index in [0.29, 0.717) is 34.4 Å². The zero-order valence-electron chi connectivity index (χ0n) is 20.6. The lowest BCUT2D eigenvalue weighted by Crippen LogP contribution is -2.41. The summed E-state index contributed by atoms with van der Waals surface area (Å²) in [5.74, 6) is 1.10. The minimum absolute atomic E-state index is 0.0529. The number of nitrogens with two attached hydrogens (primary N) is 1. The maximum absolute atomic E-state index is 12.8. The second kappa shape index (κ2) is 14.1. The van der Waals surface area contributed by atoms with Crippen LogP contribution < -0.4 is 10.5 Å². The Kier molecular flexibility index (Phi) is 10.9. The van der Waals surface area contributed by atoms with Crippen molar-refractivity contribution in [3.05, 3.63) is 64.7 Å². The van der Waals surface area contributed by atoms with Crippen LogP contribution in [0.4, 0.5) is 4.79 Å². The molecule has 1 aliphatic heterocycles. The molecule has 2 aromatic rings. The standard InChI is InChI=1S/C28H37ClN2O4/c1-2-3-4-5-8-26(35-28(30)33)19-31-16-14-21(15-17-31)20-34-25-9-6-7-23(18-25)27(32)22-10-12-24(29)13-11-22/h6-7,9-13,18,21,26H,2-5,8,14-17,19-20H2,1H3,(H2,30,33)/t26-/m0/s1. The van der Waals surface area contributed by atoms with E-state index in [1.807, 2.05) is 12.1 Å². The summed E-state index contributed by atoms with van der Waals surface area (Å²) in [5.41, 5.74) is 6.49. The molecule has 1 atom stereocenters. The van der Waals surface area contributed by atoms with Gasteiger partial charge in [0.2, 0.25) is 0 Å². The van der Waals surface area contributed by atoms with Crippen molar-refractivity contribution in [2.45, 2.75) is 58.0 Å². The first-order chi connectivity index (χ1) is 16.9. The van der Waals surface area contributed by atoms with Crippen LogP contribution in [-0.4, -0.2) is 49.1 Å². The maximum Gasteiger partial charge on any atom is 0.404 e. The minimum atomic E-state index is -0.689. The molecule has 1 saturated heterocycles. The Balaban J connectivity index is 1.44. The normalized spacial score (nSPS) is 15.5. The molecular formula is C28H37ClN2O4. The van der Waals surface area contributed by atoms with Gasteiger partial charge in [-0.2, -0.15) is 0 Å². The van der Waals surface area contributed by atoms with Crippen LogP contribution in [0.2, 0.25) is 5.02 Å². The summed E-state index contributed by atoms with van der Waals surface area (Å²) in [5, 5.41) is 0.604. The molecule has 0 radical (unpaired) electrons. The number of carbonyl (C=O) groups excluding carboxylic acids is 2. The van der Waals surface area contributed by atoms with Crippen LogP contribution in [0.1, 0.15) is 67.8 Å². The highest BCUT2D eigenvalue weighted by Crippen LogP contribution is 2.23. The van der Waals surface area contributed by atoms with E-state index in [0.717, 1.165) is 51.7 Å². The van der Waals surface area contributed by atoms with E-state index >= 15 is 0 Å². The maximum atomic E-state index is 12.8. The van der Waals surface area contributed by atoms with Crippen molar-refractivity contribution >= 4 is 23.5 Å². The number of halogens is 1. The summed E-state index contributed by atoms with van der Waals surface area (Å²) >= 11 is 5.93. The second-order valence-electron chi connectivity index (χ2n) is 9.33. The molecule has 35 heavy (non-hydrogen) atoms. The second-order valence-corrected chi connectivity index (χ2v) is 9.76. The molecule has 2 aromatic carbocycles. The Labute approximate surface area is 213 Å². The third-order valence-electron chi connectivity index (χ3n) is 6.52. The molecule has 0 bridgehead atoms. The Morgan fingerprint density at radius 1 is 1.06 bits per heavy atom. The van der Waals surface area contributed by atoms with E-state index in [1.165, 1.54) is 12.8 Å². The molecule has 3 rings (SSSR count). The topological polar surface area (TPSA) is 81.9 Å². The quantitative estimate of drug-likeness (QED) is 0.265. The fourth-order valence-electron chi connectivity index (χ4n) is 4.48. The number of amides is 1. The van der Waals surface area contributed by atoms with Gasteiger partial charge in [-0.1, -0.05) is 49.9 Å². The van der Waals surface area contributed by atoms with E-state index in [4.69, 9.17) is 26.8 Å². The fraction of sp³-hybridized carbons (Fsp3) is 0.500. The number of rotatable bonds is 13. The number of ketones is 1. The highest BCUT2D eigenvalue weighted by molar-refractivity contribution is 6.30. The number of primary amides is 1. The first-order valence-electron chi connectivity index (χ1n) is 12.7. The monoisotopic (exact) mass is 500 g/mol. The van der Waals surface area contributed by atoms with E-state index in [1.54, 1.807) is 36.4 Å². The van der Waals surface area contributed by atoms with E-state index in [2.05, 4.69) is 11.8 Å². The fourth-order valence-corrected chi connectivity index (χ4v) is 4.61. The smallest absolute Gasteiger partial charge is 0.404 e. The molecule has 1 fully saturated rings. The average Bonchev–Trinajstić information content (AvgIpc) is 2.86. The van der Waals surface area contributed by atoms with Gasteiger partial charge < -0.3 is 15.2 Å². The molecule has 0 aliphatic carbocycles. The Morgan fingerprint density at radius 2 is 1.80 bits per heavy atom. The predicted molar refractivity (Wildman–Crippen MR) is 139 cm³/mol. The SMILES string of the molecule is CCCCCC[C@@H](CN1CCC(COc2cccc(C(=O)c3ccc(Cl)cc3)c2)CC1)OC(N)=O. The lowest BCUT2D eigenvalue weighted by molar-refractivity contribution is 0.0537. The highest BCUT2D eigenvalue weighted by atomic mass is 35.5. The van der Waals surface area contributed by atoms with Gasteiger partial charge in [0, 0.05) is 22.7 Å². The van der Waals surface area contributed by atoms with Gasteiger partial charge in [0.1, 0.15) is 11.9 Å². The van der Waals surface area contributed by atoms with Crippen LogP contribution >= 0.6 is 11.6 Å². The van der Waals surface area contributed by atoms with Crippen molar-refractivity contribution in [3.8, 4) is 5.75 Å². The van der Waals surface area contributed by atoms with Gasteiger partial charge in [-0.05, 0) is 81.1 Å². The third kappa shape index (κ3) is 9.19. The zero-order valence-corrected chi connectivity index (χ0v) is 21.3. The summed E-state index contributed by atoms with van der Waals surface area (Å²) < 4.78 is 11.4. The number of likely N-dealkylation sites (tertiary alicyclic amines) is 1. The Morgan fingerprint density at radius 3 is 2.49 bits per heavy atom. The van der Waals surface area contributed by atoms with Crippen LogP contribution in [-0.2, 0) is 4.74 Å². The van der Waals surface area contributed by atoms with Gasteiger partial charge in [0.05, 0.1) is 6.61 Å². The molecule has 1 aliphatic rings. The minimum Gasteiger partial charge on any atom is -0.493 e. The van der Waals surface area contributed by atoms with Crippen LogP contribution in [0.25, 0.3) is 0 Å². The summed E-state index contributed by atoms with van der Waals surface area (Å²) in [4.78, 5) is 26.4. The number of nitrogens with zero attached hydrogens (tertiary/aromatic N) is 1. The lowest BCUT2D eigenvalue weighted by atomic mass is 9.97. The van der Waals surface area contributed by atoms with Gasteiger partial charge in [0.15, 0.2) is 5.78 Å². The van der Waals surface area contributed by atoms with Gasteiger partial charge in [-0.3, -0.25) is 9.69 Å². The molecular weight excluding hydrogens is 464 g/mol. The largest absolute Gasteiger partial charge is 0.493 e. The predicted octanol–water partition coefficient (Wildman–Crippen LogP) is 6.10. The van der Waals surface area contributed by atoms with Gasteiger partial charge in [-0.25, -0.2) is 4.79 Å². The zero-order chi connectivity index (χ0) is 25.0. The number of ether oxygens (including phenoxy) is 2. The van der Waals surface area contributed by atoms with Gasteiger partial charge in [0.25, 0.3) is 0 Å². The van der Waals surface area contributed by atoms with Crippen LogP contribution in [0.15, 0.2) is 48.5 Å². The number of hydrogen-bond donors (Lipinski definition) is 1. The average molecular weight is 501 g/mol. The van der Waals surface area contributed by atoms with Crippen molar-refractivity contribution < 1.29 is 19.1 Å². The first-order valence-corrected chi connectivity index (χ1v) is 13.0. The van der Waals surface area contributed by atoms with E-state index < -0.39 is 6.09 Å². The summed E-state index contributed by atoms with van der Waals surface area (Å²) in [6, 6.07) is 14.2. The van der Waals surface area contributed by atoms with Gasteiger partial charge >= 0.3 is 6.09 Å². The highest BCUT2D eigenvalue weighted by Gasteiger charge is 2.23. The molecule has 6 nitrogen and oxygen atoms in total. The molecule has 1 heterocycles. The van der Waals surface area contributed by atoms with Crippen molar-refractivity contribution in [2.75, 3.05) is 26.2 Å². The number of hydrogen-bond acceptors (Lipinski definition) is 5. The van der Waals surface area contributed by atoms with Crippen LogP contribution in [0.3, 0.4) is 0 Å². The number of carbonyl (C=O) groups is 2. The summed E-state index contributed by atoms with van der Waals surface area (Å²) in [6.45, 7) is 5.42. The van der Waals surface area contributed by atoms with Crippen molar-refractivity contribution in [1.82, 2.24) is 4.90 Å². The molecule has 1 amide bonds. The van der Waals surface area contributed by atoms with E-state index in [-0.39, 0.29) is 11.9 Å². The van der Waals surface area contributed by atoms with Crippen LogP contribution in [0, 0.1) is 5.92 Å². The molecule has 2 N–H and O–H groups in total. The molecule has 7 heteroatoms. The number of unbranched alkanes of at least 4 members (excludes halogenated alkanes) is 3. The Hall–Kier alpha value is -2.57. The molecule has 0 saturated carbocycles. The molecule has 0 spiro atoms. The van der Waals surface area contributed by atoms with Crippen molar-refractivity contribution in [1.29, 1.82) is 0 Å². The number of benzene rings is 2. The summed E-state index contributed by atoms with van der Waals surface area (Å²) in [7, 11) is 0. The first kappa shape index (κ1) is 27.0. The number of piperidine rings is 1. The molecule has 0 unspecified atom stereocenters. The lowest BCUT2D eigenvalue weighted by Gasteiger charge is -2.33. The van der Waals surface area contributed by atoms with Crippen molar-refractivity contribution in [3.63, 3.8) is 0 Å². The molecule has 0 aromatic heterocycles. The Bertz CT molecular complexity index is 942. The molecule has 190 valence electrons. The third-order valence-corrected chi connectivity index (χ3v) is 6.77. The summed E-state index contributed by atoms with van der Waals surface area (Å²) in [6.07, 6.45) is 6.65.